The fraction of sp³-hybridized carbons (Fsp3) is 0.400. The number of ether oxygens (including phenoxy) is 1. The predicted molar refractivity (Wildman–Crippen MR) is 103 cm³/mol. The van der Waals surface area contributed by atoms with Crippen molar-refractivity contribution < 1.29 is 4.74 Å². The molecule has 1 aromatic heterocycles. The summed E-state index contributed by atoms with van der Waals surface area (Å²) in [5, 5.41) is 3.32. The summed E-state index contributed by atoms with van der Waals surface area (Å²) in [6.07, 6.45) is 1.81. The lowest BCUT2D eigenvalue weighted by Crippen LogP contribution is -2.40. The van der Waals surface area contributed by atoms with Gasteiger partial charge in [-0.3, -0.25) is 4.98 Å². The molecule has 0 saturated carbocycles. The van der Waals surface area contributed by atoms with Crippen LogP contribution in [0.3, 0.4) is 0 Å². The molecule has 0 aliphatic carbocycles. The monoisotopic (exact) mass is 340 g/mol. The molecule has 134 valence electrons. The first-order chi connectivity index (χ1) is 12.1. The van der Waals surface area contributed by atoms with Crippen LogP contribution in [0.2, 0.25) is 0 Å². The molecule has 0 unspecified atom stereocenters. The fourth-order valence-electron chi connectivity index (χ4n) is 2.34. The Hall–Kier alpha value is -2.56. The van der Waals surface area contributed by atoms with Crippen molar-refractivity contribution >= 4 is 5.96 Å². The zero-order valence-electron chi connectivity index (χ0n) is 15.6. The third-order valence-electron chi connectivity index (χ3n) is 3.91. The van der Waals surface area contributed by atoms with Gasteiger partial charge < -0.3 is 15.0 Å². The fourth-order valence-corrected chi connectivity index (χ4v) is 2.34. The molecular weight excluding hydrogens is 312 g/mol. The number of hydrogen-bond donors (Lipinski definition) is 1. The van der Waals surface area contributed by atoms with E-state index in [1.54, 1.807) is 0 Å². The molecule has 25 heavy (non-hydrogen) atoms. The molecule has 1 aromatic carbocycles. The van der Waals surface area contributed by atoms with Crippen LogP contribution in [0.15, 0.2) is 47.6 Å². The van der Waals surface area contributed by atoms with Gasteiger partial charge in [0.25, 0.3) is 0 Å². The number of rotatable bonds is 7. The summed E-state index contributed by atoms with van der Waals surface area (Å²) >= 11 is 0. The number of nitrogens with zero attached hydrogens (tertiary/aromatic N) is 3. The molecule has 0 radical (unpaired) electrons. The first-order valence-corrected chi connectivity index (χ1v) is 8.69. The highest BCUT2D eigenvalue weighted by Crippen LogP contribution is 2.11. The first-order valence-electron chi connectivity index (χ1n) is 8.69. The van der Waals surface area contributed by atoms with E-state index in [0.29, 0.717) is 13.2 Å². The van der Waals surface area contributed by atoms with E-state index in [2.05, 4.69) is 54.2 Å². The number of nitrogens with one attached hydrogen (secondary N) is 1. The second-order valence-corrected chi connectivity index (χ2v) is 6.02. The number of pyridine rings is 1. The van der Waals surface area contributed by atoms with Crippen molar-refractivity contribution in [1.82, 2.24) is 15.2 Å². The molecule has 5 nitrogen and oxygen atoms in total. The van der Waals surface area contributed by atoms with Crippen LogP contribution in [0.5, 0.6) is 5.75 Å². The molecular formula is C20H28N4O. The lowest BCUT2D eigenvalue weighted by molar-refractivity contribution is 0.281. The Bertz CT molecular complexity index is 682. The highest BCUT2D eigenvalue weighted by atomic mass is 16.5. The van der Waals surface area contributed by atoms with Gasteiger partial charge in [0.1, 0.15) is 12.4 Å². The van der Waals surface area contributed by atoms with E-state index in [1.807, 2.05) is 31.4 Å². The van der Waals surface area contributed by atoms with Gasteiger partial charge in [-0.15, -0.1) is 0 Å². The van der Waals surface area contributed by atoms with Crippen molar-refractivity contribution in [3.05, 3.63) is 59.4 Å². The summed E-state index contributed by atoms with van der Waals surface area (Å²) in [5.41, 5.74) is 3.39. The van der Waals surface area contributed by atoms with Gasteiger partial charge in [0.15, 0.2) is 5.96 Å². The van der Waals surface area contributed by atoms with Crippen LogP contribution in [-0.2, 0) is 6.54 Å². The number of aromatic nitrogens is 1. The minimum absolute atomic E-state index is 0.568. The molecule has 1 heterocycles. The van der Waals surface area contributed by atoms with Gasteiger partial charge in [0.2, 0.25) is 0 Å². The largest absolute Gasteiger partial charge is 0.492 e. The highest BCUT2D eigenvalue weighted by Gasteiger charge is 2.07. The Labute approximate surface area is 150 Å². The molecule has 0 saturated heterocycles. The number of aliphatic imine (C=N–C) groups is 1. The van der Waals surface area contributed by atoms with E-state index in [4.69, 9.17) is 9.73 Å². The summed E-state index contributed by atoms with van der Waals surface area (Å²) in [4.78, 5) is 11.2. The second kappa shape index (κ2) is 9.67. The van der Waals surface area contributed by atoms with E-state index in [1.165, 1.54) is 5.56 Å². The van der Waals surface area contributed by atoms with E-state index in [-0.39, 0.29) is 0 Å². The third kappa shape index (κ3) is 6.10. The summed E-state index contributed by atoms with van der Waals surface area (Å²) in [7, 11) is 2.02. The molecule has 2 aromatic rings. The maximum atomic E-state index is 5.81. The molecule has 0 spiro atoms. The van der Waals surface area contributed by atoms with Crippen LogP contribution in [0.1, 0.15) is 23.7 Å². The molecule has 2 rings (SSSR count). The smallest absolute Gasteiger partial charge is 0.194 e. The summed E-state index contributed by atoms with van der Waals surface area (Å²) in [5.74, 6) is 1.75. The number of likely N-dealkylation sites (N-methyl/N-ethyl adjacent to an activating group) is 1. The van der Waals surface area contributed by atoms with Gasteiger partial charge in [-0.1, -0.05) is 23.8 Å². The summed E-state index contributed by atoms with van der Waals surface area (Å²) in [6, 6.07) is 12.1. The van der Waals surface area contributed by atoms with E-state index >= 15 is 0 Å². The summed E-state index contributed by atoms with van der Waals surface area (Å²) in [6.45, 7) is 8.94. The number of guanidine groups is 1. The van der Waals surface area contributed by atoms with Gasteiger partial charge in [0, 0.05) is 19.8 Å². The normalized spacial score (nSPS) is 11.3. The molecule has 0 bridgehead atoms. The number of aryl methyl sites for hydroxylation is 2. The average Bonchev–Trinajstić information content (AvgIpc) is 2.61. The maximum absolute atomic E-state index is 5.81. The average molecular weight is 340 g/mol. The lowest BCUT2D eigenvalue weighted by Gasteiger charge is -2.22. The van der Waals surface area contributed by atoms with Gasteiger partial charge >= 0.3 is 0 Å². The van der Waals surface area contributed by atoms with Gasteiger partial charge in [-0.25, -0.2) is 4.99 Å². The minimum Gasteiger partial charge on any atom is -0.492 e. The topological polar surface area (TPSA) is 49.8 Å². The zero-order valence-corrected chi connectivity index (χ0v) is 15.6. The van der Waals surface area contributed by atoms with Crippen LogP contribution < -0.4 is 10.1 Å². The summed E-state index contributed by atoms with van der Waals surface area (Å²) < 4.78 is 5.81. The Morgan fingerprint density at radius 2 is 1.96 bits per heavy atom. The van der Waals surface area contributed by atoms with Gasteiger partial charge in [-0.2, -0.15) is 0 Å². The number of benzene rings is 1. The minimum atomic E-state index is 0.568. The Morgan fingerprint density at radius 1 is 1.20 bits per heavy atom. The SMILES string of the molecule is CCNC(=NCc1ncccc1C)N(C)CCOc1ccc(C)cc1. The molecule has 0 atom stereocenters. The van der Waals surface area contributed by atoms with Crippen molar-refractivity contribution in [1.29, 1.82) is 0 Å². The van der Waals surface area contributed by atoms with Crippen LogP contribution in [-0.4, -0.2) is 42.6 Å². The van der Waals surface area contributed by atoms with Crippen molar-refractivity contribution in [2.24, 2.45) is 4.99 Å². The van der Waals surface area contributed by atoms with Crippen molar-refractivity contribution in [2.45, 2.75) is 27.3 Å². The molecule has 0 amide bonds. The third-order valence-corrected chi connectivity index (χ3v) is 3.91. The second-order valence-electron chi connectivity index (χ2n) is 6.02. The van der Waals surface area contributed by atoms with Crippen LogP contribution in [0, 0.1) is 13.8 Å². The molecule has 0 aliphatic heterocycles. The number of hydrogen-bond acceptors (Lipinski definition) is 3. The quantitative estimate of drug-likeness (QED) is 0.621. The van der Waals surface area contributed by atoms with Crippen molar-refractivity contribution in [2.75, 3.05) is 26.7 Å². The van der Waals surface area contributed by atoms with E-state index in [0.717, 1.165) is 36.1 Å². The molecule has 0 aliphatic rings. The highest BCUT2D eigenvalue weighted by molar-refractivity contribution is 5.79. The van der Waals surface area contributed by atoms with E-state index < -0.39 is 0 Å². The van der Waals surface area contributed by atoms with Gasteiger partial charge in [-0.05, 0) is 44.5 Å². The zero-order chi connectivity index (χ0) is 18.1. The predicted octanol–water partition coefficient (Wildman–Crippen LogP) is 3.17. The molecule has 1 N–H and O–H groups in total. The molecule has 0 fully saturated rings. The van der Waals surface area contributed by atoms with Crippen LogP contribution >= 0.6 is 0 Å². The van der Waals surface area contributed by atoms with Crippen LogP contribution in [0.4, 0.5) is 0 Å². The Balaban J connectivity index is 1.90. The maximum Gasteiger partial charge on any atom is 0.194 e. The Morgan fingerprint density at radius 3 is 2.64 bits per heavy atom. The van der Waals surface area contributed by atoms with Crippen molar-refractivity contribution in [3.8, 4) is 5.75 Å². The standard InChI is InChI=1S/C20H28N4O/c1-5-21-20(23-15-19-17(3)7-6-12-22-19)24(4)13-14-25-18-10-8-16(2)9-11-18/h6-12H,5,13-15H2,1-4H3,(H,21,23). The Kier molecular flexibility index (Phi) is 7.26. The molecule has 5 heteroatoms. The lowest BCUT2D eigenvalue weighted by atomic mass is 10.2. The van der Waals surface area contributed by atoms with Crippen LogP contribution in [0.25, 0.3) is 0 Å². The van der Waals surface area contributed by atoms with Gasteiger partial charge in [0.05, 0.1) is 18.8 Å². The van der Waals surface area contributed by atoms with Crippen molar-refractivity contribution in [3.63, 3.8) is 0 Å². The first kappa shape index (κ1) is 18.8. The van der Waals surface area contributed by atoms with E-state index in [9.17, 15) is 0 Å².